The molecule has 0 saturated heterocycles. The number of hydrogen-bond donors (Lipinski definition) is 1. The number of ether oxygens (including phenoxy) is 1. The summed E-state index contributed by atoms with van der Waals surface area (Å²) in [5.74, 6) is -0.0189. The second-order valence-electron chi connectivity index (χ2n) is 4.38. The molecule has 3 nitrogen and oxygen atoms in total. The van der Waals surface area contributed by atoms with Gasteiger partial charge in [-0.25, -0.2) is 0 Å². The molecule has 98 valence electrons. The van der Waals surface area contributed by atoms with E-state index in [2.05, 4.69) is 15.9 Å². The Kier molecular flexibility index (Phi) is 7.73. The van der Waals surface area contributed by atoms with Crippen molar-refractivity contribution in [2.45, 2.75) is 57.3 Å². The molecule has 0 fully saturated rings. The number of aliphatic hydroxyl groups excluding tert-OH is 1. The number of aliphatic hydroxyl groups is 1. The minimum absolute atomic E-state index is 0.0189. The monoisotopic (exact) mass is 304 g/mol. The molecular weight excluding hydrogens is 284 g/mol. The number of carbonyl (C=O) groups is 1. The molecule has 1 unspecified atom stereocenters. The minimum Gasteiger partial charge on any atom is -0.365 e. The van der Waals surface area contributed by atoms with E-state index in [1.165, 1.54) is 37.8 Å². The van der Waals surface area contributed by atoms with Gasteiger partial charge in [0, 0.05) is 5.33 Å². The van der Waals surface area contributed by atoms with Gasteiger partial charge in [-0.3, -0.25) is 4.79 Å². The van der Waals surface area contributed by atoms with Gasteiger partial charge in [0.25, 0.3) is 0 Å². The molecule has 0 aromatic rings. The van der Waals surface area contributed by atoms with Gasteiger partial charge in [-0.2, -0.15) is 0 Å². The van der Waals surface area contributed by atoms with Crippen molar-refractivity contribution in [1.82, 2.24) is 0 Å². The van der Waals surface area contributed by atoms with Crippen molar-refractivity contribution in [1.29, 1.82) is 0 Å². The molecule has 0 radical (unpaired) electrons. The van der Waals surface area contributed by atoms with Crippen molar-refractivity contribution in [3.63, 3.8) is 0 Å². The summed E-state index contributed by atoms with van der Waals surface area (Å²) in [4.78, 5) is 11.4. The summed E-state index contributed by atoms with van der Waals surface area (Å²) in [6.07, 6.45) is 9.30. The zero-order chi connectivity index (χ0) is 12.5. The van der Waals surface area contributed by atoms with Crippen molar-refractivity contribution in [3.05, 3.63) is 12.2 Å². The van der Waals surface area contributed by atoms with Crippen molar-refractivity contribution < 1.29 is 14.6 Å². The Morgan fingerprint density at radius 3 is 2.53 bits per heavy atom. The zero-order valence-corrected chi connectivity index (χ0v) is 11.7. The highest BCUT2D eigenvalue weighted by atomic mass is 79.9. The van der Waals surface area contributed by atoms with Crippen LogP contribution < -0.4 is 0 Å². The SMILES string of the molecule is O=C1C=CC(O)O[C@@H]1CCCCCCCCBr. The second-order valence-corrected chi connectivity index (χ2v) is 5.17. The van der Waals surface area contributed by atoms with E-state index in [4.69, 9.17) is 4.74 Å². The Balaban J connectivity index is 2.02. The lowest BCUT2D eigenvalue weighted by molar-refractivity contribution is -0.149. The van der Waals surface area contributed by atoms with Crippen LogP contribution in [-0.2, 0) is 9.53 Å². The number of ketones is 1. The van der Waals surface area contributed by atoms with Gasteiger partial charge in [0.15, 0.2) is 12.1 Å². The molecule has 0 amide bonds. The van der Waals surface area contributed by atoms with Gasteiger partial charge in [-0.05, 0) is 25.0 Å². The number of halogens is 1. The smallest absolute Gasteiger partial charge is 0.184 e. The van der Waals surface area contributed by atoms with Crippen LogP contribution in [0.25, 0.3) is 0 Å². The Hall–Kier alpha value is -0.190. The maximum absolute atomic E-state index is 11.4. The Morgan fingerprint density at radius 1 is 1.18 bits per heavy atom. The van der Waals surface area contributed by atoms with Crippen LogP contribution in [0.2, 0.25) is 0 Å². The molecule has 1 heterocycles. The highest BCUT2D eigenvalue weighted by Gasteiger charge is 2.22. The van der Waals surface area contributed by atoms with E-state index in [1.807, 2.05) is 0 Å². The zero-order valence-electron chi connectivity index (χ0n) is 10.1. The number of hydrogen-bond acceptors (Lipinski definition) is 3. The fraction of sp³-hybridized carbons (Fsp3) is 0.769. The van der Waals surface area contributed by atoms with E-state index in [0.29, 0.717) is 0 Å². The van der Waals surface area contributed by atoms with Crippen LogP contribution in [-0.4, -0.2) is 28.6 Å². The van der Waals surface area contributed by atoms with E-state index in [1.54, 1.807) is 0 Å². The van der Waals surface area contributed by atoms with E-state index in [9.17, 15) is 9.90 Å². The van der Waals surface area contributed by atoms with Crippen LogP contribution in [0.4, 0.5) is 0 Å². The summed E-state index contributed by atoms with van der Waals surface area (Å²) >= 11 is 3.41. The van der Waals surface area contributed by atoms with Gasteiger partial charge in [-0.15, -0.1) is 0 Å². The lowest BCUT2D eigenvalue weighted by atomic mass is 10.0. The predicted molar refractivity (Wildman–Crippen MR) is 71.1 cm³/mol. The number of alkyl halides is 1. The first-order chi connectivity index (χ1) is 8.24. The average molecular weight is 305 g/mol. The third kappa shape index (κ3) is 6.34. The van der Waals surface area contributed by atoms with Crippen LogP contribution in [0.5, 0.6) is 0 Å². The van der Waals surface area contributed by atoms with Gasteiger partial charge in [-0.1, -0.05) is 48.0 Å². The van der Waals surface area contributed by atoms with Crippen LogP contribution in [0.3, 0.4) is 0 Å². The molecule has 0 aromatic heterocycles. The van der Waals surface area contributed by atoms with Crippen LogP contribution in [0.1, 0.15) is 44.9 Å². The molecule has 17 heavy (non-hydrogen) atoms. The lowest BCUT2D eigenvalue weighted by Gasteiger charge is -2.21. The molecule has 1 rings (SSSR count). The first-order valence-corrected chi connectivity index (χ1v) is 7.47. The number of unbranched alkanes of at least 4 members (excludes halogenated alkanes) is 5. The summed E-state index contributed by atoms with van der Waals surface area (Å²) in [5, 5.41) is 10.3. The van der Waals surface area contributed by atoms with Gasteiger partial charge in [0.1, 0.15) is 6.10 Å². The van der Waals surface area contributed by atoms with E-state index < -0.39 is 12.4 Å². The molecule has 1 N–H and O–H groups in total. The van der Waals surface area contributed by atoms with Crippen molar-refractivity contribution in [2.24, 2.45) is 0 Å². The van der Waals surface area contributed by atoms with Crippen molar-refractivity contribution >= 4 is 21.7 Å². The summed E-state index contributed by atoms with van der Waals surface area (Å²) < 4.78 is 5.16. The molecule has 0 bridgehead atoms. The average Bonchev–Trinajstić information content (AvgIpc) is 2.32. The maximum Gasteiger partial charge on any atom is 0.184 e. The second kappa shape index (κ2) is 8.84. The Labute approximate surface area is 111 Å². The highest BCUT2D eigenvalue weighted by molar-refractivity contribution is 9.09. The van der Waals surface area contributed by atoms with Crippen LogP contribution >= 0.6 is 15.9 Å². The summed E-state index contributed by atoms with van der Waals surface area (Å²) in [7, 11) is 0. The fourth-order valence-electron chi connectivity index (χ4n) is 1.91. The predicted octanol–water partition coefficient (Wildman–Crippen LogP) is 2.95. The minimum atomic E-state index is -0.906. The van der Waals surface area contributed by atoms with Gasteiger partial charge >= 0.3 is 0 Å². The van der Waals surface area contributed by atoms with Gasteiger partial charge in [0.2, 0.25) is 0 Å². The van der Waals surface area contributed by atoms with E-state index in [-0.39, 0.29) is 5.78 Å². The molecule has 4 heteroatoms. The highest BCUT2D eigenvalue weighted by Crippen LogP contribution is 2.15. The standard InChI is InChI=1S/C13H21BrO3/c14-10-6-4-2-1-3-5-7-12-11(15)8-9-13(16)17-12/h8-9,12-13,16H,1-7,10H2/t12-,13?/m1/s1. The third-order valence-electron chi connectivity index (χ3n) is 2.90. The molecule has 2 atom stereocenters. The van der Waals surface area contributed by atoms with Gasteiger partial charge in [0.05, 0.1) is 0 Å². The largest absolute Gasteiger partial charge is 0.365 e. The van der Waals surface area contributed by atoms with Gasteiger partial charge < -0.3 is 9.84 Å². The fourth-order valence-corrected chi connectivity index (χ4v) is 2.30. The molecule has 1 aliphatic heterocycles. The lowest BCUT2D eigenvalue weighted by Crippen LogP contribution is -2.31. The maximum atomic E-state index is 11.4. The summed E-state index contributed by atoms with van der Waals surface area (Å²) in [6, 6.07) is 0. The third-order valence-corrected chi connectivity index (χ3v) is 3.46. The van der Waals surface area contributed by atoms with Crippen LogP contribution in [0.15, 0.2) is 12.2 Å². The Morgan fingerprint density at radius 2 is 1.82 bits per heavy atom. The molecule has 0 aliphatic carbocycles. The molecule has 0 spiro atoms. The summed E-state index contributed by atoms with van der Waals surface area (Å²) in [5.41, 5.74) is 0. The van der Waals surface area contributed by atoms with Crippen molar-refractivity contribution in [3.8, 4) is 0 Å². The topological polar surface area (TPSA) is 46.5 Å². The normalized spacial score (nSPS) is 24.2. The van der Waals surface area contributed by atoms with E-state index in [0.717, 1.165) is 24.6 Å². The molecule has 1 aliphatic rings. The van der Waals surface area contributed by atoms with Crippen molar-refractivity contribution in [2.75, 3.05) is 5.33 Å². The molecule has 0 aromatic carbocycles. The first kappa shape index (κ1) is 14.9. The first-order valence-electron chi connectivity index (χ1n) is 6.35. The van der Waals surface area contributed by atoms with Crippen LogP contribution in [0, 0.1) is 0 Å². The quantitative estimate of drug-likeness (QED) is 0.554. The Bertz CT molecular complexity index is 253. The number of carbonyl (C=O) groups excluding carboxylic acids is 1. The molecular formula is C13H21BrO3. The number of rotatable bonds is 8. The summed E-state index contributed by atoms with van der Waals surface area (Å²) in [6.45, 7) is 0. The van der Waals surface area contributed by atoms with E-state index >= 15 is 0 Å². The molecule has 0 saturated carbocycles.